The minimum Gasteiger partial charge on any atom is -0.398 e. The van der Waals surface area contributed by atoms with Crippen molar-refractivity contribution >= 4 is 17.5 Å². The molecule has 1 aromatic carbocycles. The zero-order valence-electron chi connectivity index (χ0n) is 16.4. The topological polar surface area (TPSA) is 91.2 Å². The molecule has 28 heavy (non-hydrogen) atoms. The third kappa shape index (κ3) is 3.28. The molecular formula is C22H28N4O2. The number of carbonyl (C=O) groups is 2. The van der Waals surface area contributed by atoms with Crippen LogP contribution < -0.4 is 11.1 Å². The normalized spacial score (nSPS) is 30.0. The van der Waals surface area contributed by atoms with Gasteiger partial charge in [0.15, 0.2) is 0 Å². The lowest BCUT2D eigenvalue weighted by atomic mass is 9.78. The van der Waals surface area contributed by atoms with Gasteiger partial charge in [-0.1, -0.05) is 32.0 Å². The number of H-pyrrole nitrogens is 1. The van der Waals surface area contributed by atoms with E-state index in [4.69, 9.17) is 5.73 Å². The average Bonchev–Trinajstić information content (AvgIpc) is 3.27. The summed E-state index contributed by atoms with van der Waals surface area (Å²) >= 11 is 0. The van der Waals surface area contributed by atoms with E-state index in [1.807, 2.05) is 23.1 Å². The van der Waals surface area contributed by atoms with Crippen LogP contribution in [0.4, 0.5) is 5.69 Å². The smallest absolute Gasteiger partial charge is 0.268 e. The fourth-order valence-electron chi connectivity index (χ4n) is 5.00. The number of aromatic amines is 1. The molecule has 0 radical (unpaired) electrons. The fraction of sp³-hybridized carbons (Fsp3) is 0.455. The first-order chi connectivity index (χ1) is 13.4. The van der Waals surface area contributed by atoms with Gasteiger partial charge in [0, 0.05) is 29.9 Å². The Morgan fingerprint density at radius 2 is 2.04 bits per heavy atom. The van der Waals surface area contributed by atoms with E-state index in [2.05, 4.69) is 30.2 Å². The van der Waals surface area contributed by atoms with Crippen molar-refractivity contribution in [3.8, 4) is 0 Å². The summed E-state index contributed by atoms with van der Waals surface area (Å²) in [5.41, 5.74) is 8.44. The summed E-state index contributed by atoms with van der Waals surface area (Å²) in [6, 6.07) is 11.1. The van der Waals surface area contributed by atoms with Gasteiger partial charge in [0.05, 0.1) is 0 Å². The van der Waals surface area contributed by atoms with Gasteiger partial charge in [-0.3, -0.25) is 9.59 Å². The number of para-hydroxylation sites is 1. The van der Waals surface area contributed by atoms with E-state index in [1.54, 1.807) is 18.3 Å². The number of hydrogen-bond acceptors (Lipinski definition) is 3. The van der Waals surface area contributed by atoms with Gasteiger partial charge in [-0.15, -0.1) is 0 Å². The molecule has 148 valence electrons. The molecule has 4 atom stereocenters. The van der Waals surface area contributed by atoms with Gasteiger partial charge < -0.3 is 20.9 Å². The number of anilines is 1. The molecular weight excluding hydrogens is 352 g/mol. The minimum atomic E-state index is -0.494. The molecule has 2 aliphatic rings. The van der Waals surface area contributed by atoms with Crippen molar-refractivity contribution in [2.24, 2.45) is 5.92 Å². The van der Waals surface area contributed by atoms with Crippen LogP contribution in [0.2, 0.25) is 0 Å². The van der Waals surface area contributed by atoms with Crippen LogP contribution in [0.5, 0.6) is 0 Å². The summed E-state index contributed by atoms with van der Waals surface area (Å²) in [7, 11) is 0. The van der Waals surface area contributed by atoms with Crippen molar-refractivity contribution in [1.82, 2.24) is 15.2 Å². The molecule has 2 aliphatic heterocycles. The Kier molecular flexibility index (Phi) is 4.65. The molecule has 6 heteroatoms. The van der Waals surface area contributed by atoms with Crippen molar-refractivity contribution in [1.29, 1.82) is 0 Å². The largest absolute Gasteiger partial charge is 0.398 e. The predicted molar refractivity (Wildman–Crippen MR) is 109 cm³/mol. The standard InChI is InChI=1S/C22H28N4O2/c1-14-10-15-12-22(2,16-6-3-4-7-17(16)23)13-26(15)21(28)19(11-14)25-20(27)18-8-5-9-24-18/h3-9,14-15,19,24H,10-13,23H2,1-2H3,(H,25,27)/t14?,15-,19+,22-/m1/s1. The van der Waals surface area contributed by atoms with Gasteiger partial charge in [-0.2, -0.15) is 0 Å². The maximum absolute atomic E-state index is 13.4. The highest BCUT2D eigenvalue weighted by atomic mass is 16.2. The predicted octanol–water partition coefficient (Wildman–Crippen LogP) is 2.68. The number of aromatic nitrogens is 1. The van der Waals surface area contributed by atoms with Crippen LogP contribution in [-0.4, -0.2) is 40.3 Å². The highest BCUT2D eigenvalue weighted by Crippen LogP contribution is 2.43. The molecule has 2 fully saturated rings. The SMILES string of the molecule is CC1C[C@@H]2C[C@@](C)(c3ccccc3N)CN2C(=O)[C@@H](NC(=O)c2ccc[nH]2)C1. The number of hydrogen-bond donors (Lipinski definition) is 3. The van der Waals surface area contributed by atoms with Crippen molar-refractivity contribution in [3.05, 3.63) is 53.9 Å². The number of fused-ring (bicyclic) bond motifs is 1. The van der Waals surface area contributed by atoms with E-state index in [1.165, 1.54) is 0 Å². The van der Waals surface area contributed by atoms with E-state index in [0.717, 1.165) is 24.1 Å². The molecule has 0 aliphatic carbocycles. The minimum absolute atomic E-state index is 0.0208. The van der Waals surface area contributed by atoms with Crippen LogP contribution in [0.25, 0.3) is 0 Å². The van der Waals surface area contributed by atoms with Crippen LogP contribution in [0.3, 0.4) is 0 Å². The first-order valence-electron chi connectivity index (χ1n) is 9.97. The second kappa shape index (κ2) is 7.00. The summed E-state index contributed by atoms with van der Waals surface area (Å²) < 4.78 is 0. The Labute approximate surface area is 165 Å². The second-order valence-electron chi connectivity index (χ2n) is 8.66. The first-order valence-corrected chi connectivity index (χ1v) is 9.97. The summed E-state index contributed by atoms with van der Waals surface area (Å²) in [5, 5.41) is 2.95. The molecule has 2 amide bonds. The van der Waals surface area contributed by atoms with Crippen LogP contribution in [0, 0.1) is 5.92 Å². The maximum atomic E-state index is 13.4. The van der Waals surface area contributed by atoms with E-state index in [-0.39, 0.29) is 23.3 Å². The third-order valence-corrected chi connectivity index (χ3v) is 6.30. The molecule has 3 heterocycles. The number of carbonyl (C=O) groups excluding carboxylic acids is 2. The van der Waals surface area contributed by atoms with Gasteiger partial charge in [-0.25, -0.2) is 0 Å². The number of nitrogens with one attached hydrogen (secondary N) is 2. The number of nitrogens with two attached hydrogens (primary N) is 1. The maximum Gasteiger partial charge on any atom is 0.268 e. The quantitative estimate of drug-likeness (QED) is 0.715. The molecule has 4 N–H and O–H groups in total. The van der Waals surface area contributed by atoms with Crippen molar-refractivity contribution in [2.75, 3.05) is 12.3 Å². The molecule has 0 bridgehead atoms. The van der Waals surface area contributed by atoms with E-state index in [0.29, 0.717) is 24.6 Å². The summed E-state index contributed by atoms with van der Waals surface area (Å²) in [5.74, 6) is 0.138. The van der Waals surface area contributed by atoms with Crippen LogP contribution in [0.15, 0.2) is 42.6 Å². The Bertz CT molecular complexity index is 878. The van der Waals surface area contributed by atoms with Crippen LogP contribution in [0.1, 0.15) is 49.2 Å². The molecule has 2 aromatic rings. The Balaban J connectivity index is 1.57. The van der Waals surface area contributed by atoms with E-state index >= 15 is 0 Å². The Hall–Kier alpha value is -2.76. The zero-order chi connectivity index (χ0) is 19.9. The molecule has 0 saturated carbocycles. The van der Waals surface area contributed by atoms with Gasteiger partial charge in [0.2, 0.25) is 5.91 Å². The zero-order valence-corrected chi connectivity index (χ0v) is 16.4. The number of rotatable bonds is 3. The fourth-order valence-corrected chi connectivity index (χ4v) is 5.00. The van der Waals surface area contributed by atoms with E-state index in [9.17, 15) is 9.59 Å². The Morgan fingerprint density at radius 3 is 2.75 bits per heavy atom. The van der Waals surface area contributed by atoms with E-state index < -0.39 is 6.04 Å². The lowest BCUT2D eigenvalue weighted by Crippen LogP contribution is -2.49. The highest BCUT2D eigenvalue weighted by molar-refractivity contribution is 5.96. The second-order valence-corrected chi connectivity index (χ2v) is 8.66. The van der Waals surface area contributed by atoms with Crippen LogP contribution in [-0.2, 0) is 10.2 Å². The van der Waals surface area contributed by atoms with Crippen LogP contribution >= 0.6 is 0 Å². The third-order valence-electron chi connectivity index (χ3n) is 6.30. The Morgan fingerprint density at radius 1 is 1.25 bits per heavy atom. The summed E-state index contributed by atoms with van der Waals surface area (Å²) in [6.07, 6.45) is 4.22. The molecule has 4 rings (SSSR count). The van der Waals surface area contributed by atoms with Gasteiger partial charge >= 0.3 is 0 Å². The lowest BCUT2D eigenvalue weighted by Gasteiger charge is -2.28. The molecule has 6 nitrogen and oxygen atoms in total. The van der Waals surface area contributed by atoms with Crippen molar-refractivity contribution in [2.45, 2.75) is 50.6 Å². The summed E-state index contributed by atoms with van der Waals surface area (Å²) in [4.78, 5) is 30.7. The molecule has 2 saturated heterocycles. The van der Waals surface area contributed by atoms with Gasteiger partial charge in [0.25, 0.3) is 5.91 Å². The monoisotopic (exact) mass is 380 g/mol. The first kappa shape index (κ1) is 18.6. The number of nitrogen functional groups attached to an aromatic ring is 1. The summed E-state index contributed by atoms with van der Waals surface area (Å²) in [6.45, 7) is 4.99. The number of benzene rings is 1. The molecule has 1 unspecified atom stereocenters. The lowest BCUT2D eigenvalue weighted by molar-refractivity contribution is -0.133. The van der Waals surface area contributed by atoms with Gasteiger partial charge in [0.1, 0.15) is 11.7 Å². The highest BCUT2D eigenvalue weighted by Gasteiger charge is 2.48. The van der Waals surface area contributed by atoms with Crippen molar-refractivity contribution in [3.63, 3.8) is 0 Å². The van der Waals surface area contributed by atoms with Crippen molar-refractivity contribution < 1.29 is 9.59 Å². The van der Waals surface area contributed by atoms with Gasteiger partial charge in [-0.05, 0) is 48.9 Å². The average molecular weight is 380 g/mol. The number of nitrogens with zero attached hydrogens (tertiary/aromatic N) is 1. The molecule has 0 spiro atoms. The molecule has 1 aromatic heterocycles. The number of amides is 2.